The predicted octanol–water partition coefficient (Wildman–Crippen LogP) is 1.25. The Bertz CT molecular complexity index is 228. The Morgan fingerprint density at radius 3 is 3.00 bits per heavy atom. The van der Waals surface area contributed by atoms with Gasteiger partial charge in [0.1, 0.15) is 0 Å². The van der Waals surface area contributed by atoms with Gasteiger partial charge in [-0.2, -0.15) is 0 Å². The van der Waals surface area contributed by atoms with Crippen molar-refractivity contribution >= 4 is 28.2 Å². The van der Waals surface area contributed by atoms with E-state index in [0.29, 0.717) is 5.13 Å². The zero-order chi connectivity index (χ0) is 8.81. The number of hydrogen-bond acceptors (Lipinski definition) is 6. The number of methoxy groups -OCH3 is 1. The third-order valence-electron chi connectivity index (χ3n) is 1.14. The largest absolute Gasteiger partial charge is 0.385 e. The smallest absolute Gasteiger partial charge is 0.203 e. The molecular weight excluding hydrogens is 194 g/mol. The van der Waals surface area contributed by atoms with Crippen LogP contribution in [0.4, 0.5) is 5.13 Å². The van der Waals surface area contributed by atoms with E-state index in [1.165, 1.54) is 11.3 Å². The van der Waals surface area contributed by atoms with Crippen molar-refractivity contribution in [3.05, 3.63) is 0 Å². The van der Waals surface area contributed by atoms with Gasteiger partial charge in [0, 0.05) is 19.5 Å². The van der Waals surface area contributed by atoms with Gasteiger partial charge in [0.15, 0.2) is 4.34 Å². The molecule has 0 atom stereocenters. The summed E-state index contributed by atoms with van der Waals surface area (Å²) >= 11 is 3.09. The van der Waals surface area contributed by atoms with Crippen LogP contribution in [0, 0.1) is 0 Å². The maximum atomic E-state index is 5.42. The van der Waals surface area contributed by atoms with Crippen LogP contribution < -0.4 is 5.73 Å². The monoisotopic (exact) mass is 205 g/mol. The van der Waals surface area contributed by atoms with Crippen LogP contribution in [0.5, 0.6) is 0 Å². The molecule has 1 rings (SSSR count). The predicted molar refractivity (Wildman–Crippen MR) is 51.5 cm³/mol. The molecule has 68 valence electrons. The minimum Gasteiger partial charge on any atom is -0.385 e. The van der Waals surface area contributed by atoms with E-state index in [1.807, 2.05) is 0 Å². The molecule has 0 aliphatic carbocycles. The van der Waals surface area contributed by atoms with Crippen molar-refractivity contribution in [2.24, 2.45) is 0 Å². The lowest BCUT2D eigenvalue weighted by Gasteiger charge is -1.95. The minimum atomic E-state index is 0.532. The Kier molecular flexibility index (Phi) is 4.34. The van der Waals surface area contributed by atoms with Gasteiger partial charge in [-0.05, 0) is 6.42 Å². The Morgan fingerprint density at radius 1 is 1.58 bits per heavy atom. The van der Waals surface area contributed by atoms with E-state index in [9.17, 15) is 0 Å². The normalized spacial score (nSPS) is 10.4. The maximum absolute atomic E-state index is 5.42. The first kappa shape index (κ1) is 9.76. The summed E-state index contributed by atoms with van der Waals surface area (Å²) in [6, 6.07) is 0. The SMILES string of the molecule is COCCCSc1nnc(N)s1. The number of nitrogen functional groups attached to an aromatic ring is 1. The highest BCUT2D eigenvalue weighted by Gasteiger charge is 2.00. The van der Waals surface area contributed by atoms with E-state index in [4.69, 9.17) is 10.5 Å². The lowest BCUT2D eigenvalue weighted by atomic mass is 10.5. The highest BCUT2D eigenvalue weighted by Crippen LogP contribution is 2.23. The molecule has 0 aliphatic rings. The molecule has 0 bridgehead atoms. The Hall–Kier alpha value is -0.330. The fraction of sp³-hybridized carbons (Fsp3) is 0.667. The van der Waals surface area contributed by atoms with Crippen molar-refractivity contribution in [2.45, 2.75) is 10.8 Å². The average Bonchev–Trinajstić information content (AvgIpc) is 2.45. The molecule has 1 aromatic rings. The molecule has 0 saturated heterocycles. The second-order valence-electron chi connectivity index (χ2n) is 2.10. The molecule has 0 spiro atoms. The third-order valence-corrected chi connectivity index (χ3v) is 3.11. The molecule has 6 heteroatoms. The topological polar surface area (TPSA) is 61.0 Å². The molecule has 12 heavy (non-hydrogen) atoms. The number of nitrogens with zero attached hydrogens (tertiary/aromatic N) is 2. The van der Waals surface area contributed by atoms with Crippen LogP contribution in [0.2, 0.25) is 0 Å². The number of rotatable bonds is 5. The number of ether oxygens (including phenoxy) is 1. The number of anilines is 1. The molecule has 1 heterocycles. The highest BCUT2D eigenvalue weighted by atomic mass is 32.2. The van der Waals surface area contributed by atoms with Crippen LogP contribution in [0.25, 0.3) is 0 Å². The summed E-state index contributed by atoms with van der Waals surface area (Å²) in [5.41, 5.74) is 5.42. The summed E-state index contributed by atoms with van der Waals surface area (Å²) in [7, 11) is 1.70. The lowest BCUT2D eigenvalue weighted by molar-refractivity contribution is 0.200. The van der Waals surface area contributed by atoms with E-state index >= 15 is 0 Å². The molecule has 0 amide bonds. The molecular formula is C6H11N3OS2. The van der Waals surface area contributed by atoms with Crippen LogP contribution in [-0.4, -0.2) is 29.7 Å². The zero-order valence-corrected chi connectivity index (χ0v) is 8.45. The minimum absolute atomic E-state index is 0.532. The third kappa shape index (κ3) is 3.38. The molecule has 0 radical (unpaired) electrons. The van der Waals surface area contributed by atoms with E-state index in [0.717, 1.165) is 23.1 Å². The van der Waals surface area contributed by atoms with Crippen molar-refractivity contribution in [3.63, 3.8) is 0 Å². The number of hydrogen-bond donors (Lipinski definition) is 1. The van der Waals surface area contributed by atoms with Crippen molar-refractivity contribution in [3.8, 4) is 0 Å². The van der Waals surface area contributed by atoms with Crippen molar-refractivity contribution in [2.75, 3.05) is 25.2 Å². The Balaban J connectivity index is 2.15. The fourth-order valence-corrected chi connectivity index (χ4v) is 2.26. The molecule has 0 fully saturated rings. The van der Waals surface area contributed by atoms with Gasteiger partial charge in [0.2, 0.25) is 5.13 Å². The molecule has 0 aromatic carbocycles. The summed E-state index contributed by atoms with van der Waals surface area (Å²) < 4.78 is 5.85. The Labute approximate surface area is 79.5 Å². The van der Waals surface area contributed by atoms with Gasteiger partial charge in [-0.3, -0.25) is 0 Å². The van der Waals surface area contributed by atoms with E-state index in [1.54, 1.807) is 18.9 Å². The van der Waals surface area contributed by atoms with Crippen molar-refractivity contribution in [1.29, 1.82) is 0 Å². The second kappa shape index (κ2) is 5.34. The lowest BCUT2D eigenvalue weighted by Crippen LogP contribution is -1.89. The van der Waals surface area contributed by atoms with Crippen LogP contribution in [0.1, 0.15) is 6.42 Å². The van der Waals surface area contributed by atoms with E-state index in [2.05, 4.69) is 10.2 Å². The first-order valence-electron chi connectivity index (χ1n) is 3.53. The summed E-state index contributed by atoms with van der Waals surface area (Å²) in [6.07, 6.45) is 1.03. The van der Waals surface area contributed by atoms with Crippen LogP contribution in [-0.2, 0) is 4.74 Å². The highest BCUT2D eigenvalue weighted by molar-refractivity contribution is 8.01. The van der Waals surface area contributed by atoms with Gasteiger partial charge in [0.25, 0.3) is 0 Å². The fourth-order valence-electron chi connectivity index (χ4n) is 0.641. The molecule has 0 aliphatic heterocycles. The number of thioether (sulfide) groups is 1. The van der Waals surface area contributed by atoms with Crippen LogP contribution in [0.15, 0.2) is 4.34 Å². The second-order valence-corrected chi connectivity index (χ2v) is 4.45. The Morgan fingerprint density at radius 2 is 2.42 bits per heavy atom. The van der Waals surface area contributed by atoms with Crippen LogP contribution in [0.3, 0.4) is 0 Å². The molecule has 0 unspecified atom stereocenters. The summed E-state index contributed by atoms with van der Waals surface area (Å²) in [5, 5.41) is 8.12. The van der Waals surface area contributed by atoms with Gasteiger partial charge in [-0.1, -0.05) is 23.1 Å². The zero-order valence-electron chi connectivity index (χ0n) is 6.82. The summed E-state index contributed by atoms with van der Waals surface area (Å²) in [5.74, 6) is 1.00. The molecule has 1 aromatic heterocycles. The molecule has 2 N–H and O–H groups in total. The van der Waals surface area contributed by atoms with Crippen molar-refractivity contribution < 1.29 is 4.74 Å². The quantitative estimate of drug-likeness (QED) is 0.579. The van der Waals surface area contributed by atoms with Gasteiger partial charge >= 0.3 is 0 Å². The van der Waals surface area contributed by atoms with Gasteiger partial charge < -0.3 is 10.5 Å². The van der Waals surface area contributed by atoms with Gasteiger partial charge in [-0.15, -0.1) is 10.2 Å². The van der Waals surface area contributed by atoms with Gasteiger partial charge in [-0.25, -0.2) is 0 Å². The van der Waals surface area contributed by atoms with Crippen LogP contribution >= 0.6 is 23.1 Å². The van der Waals surface area contributed by atoms with E-state index < -0.39 is 0 Å². The average molecular weight is 205 g/mol. The first-order chi connectivity index (χ1) is 5.83. The molecule has 4 nitrogen and oxygen atoms in total. The number of aromatic nitrogens is 2. The summed E-state index contributed by atoms with van der Waals surface area (Å²) in [4.78, 5) is 0. The van der Waals surface area contributed by atoms with Gasteiger partial charge in [0.05, 0.1) is 0 Å². The molecule has 0 saturated carbocycles. The van der Waals surface area contributed by atoms with Crippen molar-refractivity contribution in [1.82, 2.24) is 10.2 Å². The first-order valence-corrected chi connectivity index (χ1v) is 5.34. The standard InChI is InChI=1S/C6H11N3OS2/c1-10-3-2-4-11-6-9-8-5(7)12-6/h2-4H2,1H3,(H2,7,8). The number of nitrogens with two attached hydrogens (primary N) is 1. The van der Waals surface area contributed by atoms with E-state index in [-0.39, 0.29) is 0 Å². The summed E-state index contributed by atoms with van der Waals surface area (Å²) in [6.45, 7) is 0.793. The maximum Gasteiger partial charge on any atom is 0.203 e.